The second-order valence-corrected chi connectivity index (χ2v) is 4.13. The lowest BCUT2D eigenvalue weighted by Gasteiger charge is -2.14. The standard InChI is InChI=1S/C15H16N2O/c1-4-18-15-8-6-5-7-14(15)17-11(2)9-13(10-16)12(17)3/h5-9H,4H2,1-3H3. The van der Waals surface area contributed by atoms with Crippen molar-refractivity contribution in [2.45, 2.75) is 20.8 Å². The first-order valence-electron chi connectivity index (χ1n) is 6.00. The van der Waals surface area contributed by atoms with Crippen LogP contribution < -0.4 is 4.74 Å². The zero-order valence-electron chi connectivity index (χ0n) is 10.9. The van der Waals surface area contributed by atoms with Crippen molar-refractivity contribution in [3.05, 3.63) is 47.3 Å². The Balaban J connectivity index is 2.62. The van der Waals surface area contributed by atoms with Gasteiger partial charge in [0.2, 0.25) is 0 Å². The van der Waals surface area contributed by atoms with Crippen molar-refractivity contribution >= 4 is 0 Å². The molecule has 92 valence electrons. The molecule has 18 heavy (non-hydrogen) atoms. The Bertz CT molecular complexity index is 605. The zero-order chi connectivity index (χ0) is 13.1. The summed E-state index contributed by atoms with van der Waals surface area (Å²) in [5.74, 6) is 0.839. The van der Waals surface area contributed by atoms with Gasteiger partial charge in [-0.2, -0.15) is 5.26 Å². The first-order valence-corrected chi connectivity index (χ1v) is 6.00. The average Bonchev–Trinajstić information content (AvgIpc) is 2.66. The van der Waals surface area contributed by atoms with Gasteiger partial charge in [0.15, 0.2) is 0 Å². The number of hydrogen-bond acceptors (Lipinski definition) is 2. The van der Waals surface area contributed by atoms with E-state index in [1.54, 1.807) is 0 Å². The molecular formula is C15H16N2O. The van der Waals surface area contributed by atoms with Crippen molar-refractivity contribution in [1.29, 1.82) is 5.26 Å². The molecule has 0 fully saturated rings. The van der Waals surface area contributed by atoms with Gasteiger partial charge in [0.05, 0.1) is 17.9 Å². The Hall–Kier alpha value is -2.21. The van der Waals surface area contributed by atoms with E-state index in [9.17, 15) is 0 Å². The van der Waals surface area contributed by atoms with Crippen LogP contribution in [0.3, 0.4) is 0 Å². The van der Waals surface area contributed by atoms with Gasteiger partial charge in [-0.25, -0.2) is 0 Å². The molecule has 3 heteroatoms. The quantitative estimate of drug-likeness (QED) is 0.825. The third-order valence-electron chi connectivity index (χ3n) is 2.96. The summed E-state index contributed by atoms with van der Waals surface area (Å²) in [6.07, 6.45) is 0. The number of para-hydroxylation sites is 2. The summed E-state index contributed by atoms with van der Waals surface area (Å²) < 4.78 is 7.70. The van der Waals surface area contributed by atoms with Crippen molar-refractivity contribution in [2.75, 3.05) is 6.61 Å². The Labute approximate surface area is 107 Å². The van der Waals surface area contributed by atoms with Crippen LogP contribution in [0.4, 0.5) is 0 Å². The second-order valence-electron chi connectivity index (χ2n) is 4.13. The van der Waals surface area contributed by atoms with Gasteiger partial charge < -0.3 is 9.30 Å². The summed E-state index contributed by atoms with van der Waals surface area (Å²) in [7, 11) is 0. The van der Waals surface area contributed by atoms with Gasteiger partial charge in [-0.3, -0.25) is 0 Å². The maximum absolute atomic E-state index is 9.08. The highest BCUT2D eigenvalue weighted by Crippen LogP contribution is 2.27. The van der Waals surface area contributed by atoms with Gasteiger partial charge in [-0.05, 0) is 39.0 Å². The number of aryl methyl sites for hydroxylation is 1. The van der Waals surface area contributed by atoms with E-state index >= 15 is 0 Å². The van der Waals surface area contributed by atoms with E-state index in [-0.39, 0.29) is 0 Å². The first-order chi connectivity index (χ1) is 8.69. The predicted octanol–water partition coefficient (Wildman–Crippen LogP) is 3.36. The van der Waals surface area contributed by atoms with E-state index in [2.05, 4.69) is 10.6 Å². The highest BCUT2D eigenvalue weighted by atomic mass is 16.5. The third kappa shape index (κ3) is 1.98. The highest BCUT2D eigenvalue weighted by molar-refractivity contribution is 5.52. The lowest BCUT2D eigenvalue weighted by molar-refractivity contribution is 0.339. The largest absolute Gasteiger partial charge is 0.492 e. The maximum Gasteiger partial charge on any atom is 0.143 e. The fourth-order valence-electron chi connectivity index (χ4n) is 2.17. The monoisotopic (exact) mass is 240 g/mol. The van der Waals surface area contributed by atoms with E-state index < -0.39 is 0 Å². The fraction of sp³-hybridized carbons (Fsp3) is 0.267. The number of nitrogens with zero attached hydrogens (tertiary/aromatic N) is 2. The van der Waals surface area contributed by atoms with Crippen LogP contribution >= 0.6 is 0 Å². The summed E-state index contributed by atoms with van der Waals surface area (Å²) in [5, 5.41) is 9.08. The fourth-order valence-corrected chi connectivity index (χ4v) is 2.17. The normalized spacial score (nSPS) is 10.1. The van der Waals surface area contributed by atoms with Gasteiger partial charge >= 0.3 is 0 Å². The van der Waals surface area contributed by atoms with Gasteiger partial charge in [-0.15, -0.1) is 0 Å². The van der Waals surface area contributed by atoms with Crippen molar-refractivity contribution in [3.8, 4) is 17.5 Å². The van der Waals surface area contributed by atoms with Gasteiger partial charge in [-0.1, -0.05) is 12.1 Å². The number of hydrogen-bond donors (Lipinski definition) is 0. The smallest absolute Gasteiger partial charge is 0.143 e. The molecule has 1 aromatic carbocycles. The van der Waals surface area contributed by atoms with Crippen molar-refractivity contribution < 1.29 is 4.74 Å². The molecule has 1 heterocycles. The summed E-state index contributed by atoms with van der Waals surface area (Å²) in [5.41, 5.74) is 3.67. The van der Waals surface area contributed by atoms with E-state index in [0.29, 0.717) is 12.2 Å². The van der Waals surface area contributed by atoms with Crippen molar-refractivity contribution in [3.63, 3.8) is 0 Å². The van der Waals surface area contributed by atoms with Crippen LogP contribution in [0, 0.1) is 25.2 Å². The molecule has 2 rings (SSSR count). The van der Waals surface area contributed by atoms with Gasteiger partial charge in [0, 0.05) is 11.4 Å². The van der Waals surface area contributed by atoms with Gasteiger partial charge in [0.1, 0.15) is 11.8 Å². The minimum atomic E-state index is 0.626. The molecule has 0 aliphatic heterocycles. The van der Waals surface area contributed by atoms with E-state index in [1.165, 1.54) is 0 Å². The lowest BCUT2D eigenvalue weighted by Crippen LogP contribution is -2.03. The van der Waals surface area contributed by atoms with Crippen molar-refractivity contribution in [2.24, 2.45) is 0 Å². The van der Waals surface area contributed by atoms with E-state index in [4.69, 9.17) is 10.00 Å². The van der Waals surface area contributed by atoms with E-state index in [0.717, 1.165) is 22.8 Å². The van der Waals surface area contributed by atoms with E-state index in [1.807, 2.05) is 51.1 Å². The minimum Gasteiger partial charge on any atom is -0.492 e. The Kier molecular flexibility index (Phi) is 3.38. The molecular weight excluding hydrogens is 224 g/mol. The van der Waals surface area contributed by atoms with Gasteiger partial charge in [0.25, 0.3) is 0 Å². The molecule has 0 aliphatic rings. The summed E-state index contributed by atoms with van der Waals surface area (Å²) in [4.78, 5) is 0. The minimum absolute atomic E-state index is 0.626. The molecule has 0 aliphatic carbocycles. The highest BCUT2D eigenvalue weighted by Gasteiger charge is 2.13. The number of rotatable bonds is 3. The molecule has 0 saturated carbocycles. The molecule has 0 atom stereocenters. The summed E-state index contributed by atoms with van der Waals surface area (Å²) >= 11 is 0. The maximum atomic E-state index is 9.08. The molecule has 0 radical (unpaired) electrons. The zero-order valence-corrected chi connectivity index (χ0v) is 10.9. The number of aromatic nitrogens is 1. The Morgan fingerprint density at radius 1 is 1.28 bits per heavy atom. The topological polar surface area (TPSA) is 38.0 Å². The molecule has 0 bridgehead atoms. The second kappa shape index (κ2) is 4.97. The van der Waals surface area contributed by atoms with Crippen LogP contribution in [0.1, 0.15) is 23.9 Å². The molecule has 1 aromatic heterocycles. The first kappa shape index (κ1) is 12.3. The number of ether oxygens (including phenoxy) is 1. The third-order valence-corrected chi connectivity index (χ3v) is 2.96. The van der Waals surface area contributed by atoms with Crippen LogP contribution in [0.2, 0.25) is 0 Å². The molecule has 0 N–H and O–H groups in total. The lowest BCUT2D eigenvalue weighted by atomic mass is 10.2. The molecule has 3 nitrogen and oxygen atoms in total. The Morgan fingerprint density at radius 3 is 2.61 bits per heavy atom. The summed E-state index contributed by atoms with van der Waals surface area (Å²) in [6.45, 7) is 6.54. The number of nitriles is 1. The van der Waals surface area contributed by atoms with Crippen molar-refractivity contribution in [1.82, 2.24) is 4.57 Å². The SMILES string of the molecule is CCOc1ccccc1-n1c(C)cc(C#N)c1C. The number of benzene rings is 1. The molecule has 0 unspecified atom stereocenters. The molecule has 2 aromatic rings. The summed E-state index contributed by atoms with van der Waals surface area (Å²) in [6, 6.07) is 12.0. The van der Waals surface area contributed by atoms with Crippen LogP contribution in [-0.4, -0.2) is 11.2 Å². The Morgan fingerprint density at radius 2 is 2.00 bits per heavy atom. The predicted molar refractivity (Wildman–Crippen MR) is 71.1 cm³/mol. The molecule has 0 amide bonds. The molecule has 0 saturated heterocycles. The van der Waals surface area contributed by atoms with Crippen LogP contribution in [0.5, 0.6) is 5.75 Å². The van der Waals surface area contributed by atoms with Crippen LogP contribution in [0.15, 0.2) is 30.3 Å². The van der Waals surface area contributed by atoms with Crippen LogP contribution in [0.25, 0.3) is 5.69 Å². The molecule has 0 spiro atoms. The average molecular weight is 240 g/mol. The van der Waals surface area contributed by atoms with Crippen LogP contribution in [-0.2, 0) is 0 Å².